The molecule has 0 unspecified atom stereocenters. The molecule has 5 heteroatoms. The van der Waals surface area contributed by atoms with E-state index < -0.39 is 5.54 Å². The smallest absolute Gasteiger partial charge is 0.240 e. The van der Waals surface area contributed by atoms with E-state index in [-0.39, 0.29) is 18.4 Å². The molecule has 19 heavy (non-hydrogen) atoms. The van der Waals surface area contributed by atoms with Crippen LogP contribution in [0.3, 0.4) is 0 Å². The van der Waals surface area contributed by atoms with Gasteiger partial charge in [0.1, 0.15) is 5.54 Å². The lowest BCUT2D eigenvalue weighted by Gasteiger charge is -2.27. The third-order valence-electron chi connectivity index (χ3n) is 3.08. The van der Waals surface area contributed by atoms with Crippen LogP contribution in [0.2, 0.25) is 0 Å². The summed E-state index contributed by atoms with van der Waals surface area (Å²) in [5.74, 6) is -0.144. The van der Waals surface area contributed by atoms with Crippen molar-refractivity contribution in [3.05, 3.63) is 28.7 Å². The van der Waals surface area contributed by atoms with E-state index >= 15 is 0 Å². The normalized spacial score (nSPS) is 13.5. The summed E-state index contributed by atoms with van der Waals surface area (Å²) in [4.78, 5) is 11.8. The fraction of sp³-hybridized carbons (Fsp3) is 0.429. The van der Waals surface area contributed by atoms with Crippen LogP contribution in [0.4, 0.5) is 5.69 Å². The van der Waals surface area contributed by atoms with Gasteiger partial charge in [0.2, 0.25) is 5.91 Å². The van der Waals surface area contributed by atoms with Crippen molar-refractivity contribution in [3.63, 3.8) is 0 Å². The maximum Gasteiger partial charge on any atom is 0.240 e. The highest BCUT2D eigenvalue weighted by Gasteiger charge is 2.29. The quantitative estimate of drug-likeness (QED) is 0.875. The number of halogens is 1. The SMILES string of the molecule is CC(C)[C@](C)(C#N)NC(=O)CNc1ccc(Br)cc1. The maximum absolute atomic E-state index is 11.8. The molecule has 1 atom stereocenters. The minimum Gasteiger partial charge on any atom is -0.376 e. The van der Waals surface area contributed by atoms with Crippen LogP contribution in [0.25, 0.3) is 0 Å². The first-order chi connectivity index (χ1) is 8.87. The highest BCUT2D eigenvalue weighted by molar-refractivity contribution is 9.10. The van der Waals surface area contributed by atoms with Crippen LogP contribution in [-0.4, -0.2) is 18.0 Å². The lowest BCUT2D eigenvalue weighted by atomic mass is 9.90. The average molecular weight is 324 g/mol. The van der Waals surface area contributed by atoms with Gasteiger partial charge >= 0.3 is 0 Å². The number of hydrogen-bond acceptors (Lipinski definition) is 3. The van der Waals surface area contributed by atoms with Crippen molar-refractivity contribution in [1.29, 1.82) is 5.26 Å². The standard InChI is InChI=1S/C14H18BrN3O/c1-10(2)14(3,9-16)18-13(19)8-17-12-6-4-11(15)5-7-12/h4-7,10,17H,8H2,1-3H3,(H,18,19)/t14-/m0/s1. The number of anilines is 1. The van der Waals surface area contributed by atoms with Crippen LogP contribution in [0.5, 0.6) is 0 Å². The van der Waals surface area contributed by atoms with Crippen molar-refractivity contribution < 1.29 is 4.79 Å². The van der Waals surface area contributed by atoms with Gasteiger partial charge in [0, 0.05) is 10.2 Å². The maximum atomic E-state index is 11.8. The second-order valence-corrected chi connectivity index (χ2v) is 5.79. The minimum atomic E-state index is -0.835. The van der Waals surface area contributed by atoms with E-state index in [4.69, 9.17) is 5.26 Å². The first-order valence-corrected chi connectivity index (χ1v) is 6.88. The molecule has 0 spiro atoms. The molecule has 0 bridgehead atoms. The van der Waals surface area contributed by atoms with Gasteiger partial charge in [-0.15, -0.1) is 0 Å². The van der Waals surface area contributed by atoms with Crippen molar-refractivity contribution in [2.45, 2.75) is 26.3 Å². The summed E-state index contributed by atoms with van der Waals surface area (Å²) in [5, 5.41) is 14.9. The van der Waals surface area contributed by atoms with Gasteiger partial charge in [-0.25, -0.2) is 0 Å². The Kier molecular flexibility index (Phi) is 5.37. The Morgan fingerprint density at radius 1 is 1.42 bits per heavy atom. The van der Waals surface area contributed by atoms with Crippen LogP contribution >= 0.6 is 15.9 Å². The van der Waals surface area contributed by atoms with E-state index in [1.165, 1.54) is 0 Å². The molecule has 1 amide bonds. The number of carbonyl (C=O) groups excluding carboxylic acids is 1. The Labute approximate surface area is 122 Å². The molecule has 0 fully saturated rings. The molecule has 1 aromatic rings. The topological polar surface area (TPSA) is 64.9 Å². The van der Waals surface area contributed by atoms with Crippen molar-refractivity contribution >= 4 is 27.5 Å². The lowest BCUT2D eigenvalue weighted by Crippen LogP contribution is -2.50. The molecule has 0 aromatic heterocycles. The number of nitriles is 1. The summed E-state index contributed by atoms with van der Waals surface area (Å²) in [7, 11) is 0. The fourth-order valence-electron chi connectivity index (χ4n) is 1.39. The van der Waals surface area contributed by atoms with Crippen molar-refractivity contribution in [3.8, 4) is 6.07 Å². The molecule has 0 aliphatic rings. The van der Waals surface area contributed by atoms with Gasteiger partial charge in [-0.05, 0) is 37.1 Å². The zero-order chi connectivity index (χ0) is 14.5. The largest absolute Gasteiger partial charge is 0.376 e. The summed E-state index contributed by atoms with van der Waals surface area (Å²) < 4.78 is 0.986. The van der Waals surface area contributed by atoms with Crippen LogP contribution in [0, 0.1) is 17.2 Å². The number of hydrogen-bond donors (Lipinski definition) is 2. The first kappa shape index (κ1) is 15.5. The third kappa shape index (κ3) is 4.56. The molecule has 2 N–H and O–H groups in total. The predicted octanol–water partition coefficient (Wildman–Crippen LogP) is 2.92. The summed E-state index contributed by atoms with van der Waals surface area (Å²) in [5.41, 5.74) is 0.0277. The molecule has 0 aliphatic heterocycles. The summed E-state index contributed by atoms with van der Waals surface area (Å²) in [6, 6.07) is 9.70. The van der Waals surface area contributed by atoms with E-state index in [9.17, 15) is 4.79 Å². The third-order valence-corrected chi connectivity index (χ3v) is 3.61. The molecule has 4 nitrogen and oxygen atoms in total. The lowest BCUT2D eigenvalue weighted by molar-refractivity contribution is -0.121. The summed E-state index contributed by atoms with van der Waals surface area (Å²) in [6.45, 7) is 5.69. The minimum absolute atomic E-state index is 0.0501. The number of nitrogens with one attached hydrogen (secondary N) is 2. The number of benzene rings is 1. The van der Waals surface area contributed by atoms with Gasteiger partial charge in [0.05, 0.1) is 12.6 Å². The average Bonchev–Trinajstić information content (AvgIpc) is 2.37. The highest BCUT2D eigenvalue weighted by atomic mass is 79.9. The molecule has 0 aliphatic carbocycles. The Balaban J connectivity index is 2.53. The Morgan fingerprint density at radius 2 is 2.00 bits per heavy atom. The molecule has 102 valence electrons. The van der Waals surface area contributed by atoms with Crippen LogP contribution in [0.1, 0.15) is 20.8 Å². The molecular formula is C14H18BrN3O. The van der Waals surface area contributed by atoms with Crippen molar-refractivity contribution in [2.24, 2.45) is 5.92 Å². The van der Waals surface area contributed by atoms with Gasteiger partial charge in [-0.1, -0.05) is 29.8 Å². The van der Waals surface area contributed by atoms with Gasteiger partial charge < -0.3 is 10.6 Å². The second-order valence-electron chi connectivity index (χ2n) is 4.88. The van der Waals surface area contributed by atoms with E-state index in [1.807, 2.05) is 38.1 Å². The van der Waals surface area contributed by atoms with E-state index in [0.29, 0.717) is 0 Å². The number of nitrogens with zero attached hydrogens (tertiary/aromatic N) is 1. The molecule has 0 heterocycles. The van der Waals surface area contributed by atoms with Crippen molar-refractivity contribution in [2.75, 3.05) is 11.9 Å². The molecule has 0 radical (unpaired) electrons. The van der Waals surface area contributed by atoms with Crippen molar-refractivity contribution in [1.82, 2.24) is 5.32 Å². The van der Waals surface area contributed by atoms with Crippen LogP contribution in [-0.2, 0) is 4.79 Å². The summed E-state index contributed by atoms with van der Waals surface area (Å²) in [6.07, 6.45) is 0. The van der Waals surface area contributed by atoms with Gasteiger partial charge in [0.15, 0.2) is 0 Å². The zero-order valence-corrected chi connectivity index (χ0v) is 12.9. The number of rotatable bonds is 5. The number of carbonyl (C=O) groups is 1. The second kappa shape index (κ2) is 6.58. The molecule has 1 rings (SSSR count). The highest BCUT2D eigenvalue weighted by Crippen LogP contribution is 2.16. The van der Waals surface area contributed by atoms with Gasteiger partial charge in [-0.2, -0.15) is 5.26 Å². The Morgan fingerprint density at radius 3 is 2.47 bits per heavy atom. The molecular weight excluding hydrogens is 306 g/mol. The number of amides is 1. The summed E-state index contributed by atoms with van der Waals surface area (Å²) >= 11 is 3.35. The van der Waals surface area contributed by atoms with E-state index in [1.54, 1.807) is 6.92 Å². The van der Waals surface area contributed by atoms with E-state index in [2.05, 4.69) is 32.6 Å². The van der Waals surface area contributed by atoms with Gasteiger partial charge in [-0.3, -0.25) is 4.79 Å². The monoisotopic (exact) mass is 323 g/mol. The Hall–Kier alpha value is -1.54. The van der Waals surface area contributed by atoms with Gasteiger partial charge in [0.25, 0.3) is 0 Å². The molecule has 1 aromatic carbocycles. The van der Waals surface area contributed by atoms with Crippen LogP contribution < -0.4 is 10.6 Å². The predicted molar refractivity (Wildman–Crippen MR) is 79.6 cm³/mol. The fourth-order valence-corrected chi connectivity index (χ4v) is 1.65. The molecule has 0 saturated heterocycles. The van der Waals surface area contributed by atoms with Crippen LogP contribution in [0.15, 0.2) is 28.7 Å². The molecule has 0 saturated carbocycles. The zero-order valence-electron chi connectivity index (χ0n) is 11.3. The van der Waals surface area contributed by atoms with E-state index in [0.717, 1.165) is 10.2 Å². The Bertz CT molecular complexity index is 478. The first-order valence-electron chi connectivity index (χ1n) is 6.09.